The summed E-state index contributed by atoms with van der Waals surface area (Å²) in [6, 6.07) is 6.08. The summed E-state index contributed by atoms with van der Waals surface area (Å²) in [5.74, 6) is 0. The molecule has 0 heterocycles. The third kappa shape index (κ3) is 4.45. The van der Waals surface area contributed by atoms with Crippen molar-refractivity contribution >= 4 is 33.5 Å². The van der Waals surface area contributed by atoms with Crippen molar-refractivity contribution in [3.63, 3.8) is 0 Å². The number of hydrogen-bond acceptors (Lipinski definition) is 2. The van der Waals surface area contributed by atoms with Gasteiger partial charge in [0.05, 0.1) is 6.21 Å². The van der Waals surface area contributed by atoms with E-state index in [-0.39, 0.29) is 4.75 Å². The minimum absolute atomic E-state index is 0.289. The molecule has 1 aromatic carbocycles. The number of halogens is 1. The molecule has 1 aromatic rings. The largest absolute Gasteiger partial charge is 0.591 e. The first-order chi connectivity index (χ1) is 7.82. The molecule has 0 saturated carbocycles. The van der Waals surface area contributed by atoms with Crippen molar-refractivity contribution in [2.75, 3.05) is 0 Å². The molecule has 4 heteroatoms. The van der Waals surface area contributed by atoms with Gasteiger partial charge in [-0.05, 0) is 44.9 Å². The van der Waals surface area contributed by atoms with Crippen molar-refractivity contribution in [1.82, 2.24) is 0 Å². The van der Waals surface area contributed by atoms with E-state index in [0.29, 0.717) is 6.42 Å². The Hall–Kier alpha value is -0.320. The minimum atomic E-state index is -1.17. The Morgan fingerprint density at radius 1 is 1.41 bits per heavy atom. The zero-order valence-electron chi connectivity index (χ0n) is 10.7. The van der Waals surface area contributed by atoms with Crippen LogP contribution in [0.3, 0.4) is 0 Å². The molecular formula is C13H18BrNOS. The normalized spacial score (nSPS) is 14.2. The van der Waals surface area contributed by atoms with E-state index in [1.807, 2.05) is 32.9 Å². The van der Waals surface area contributed by atoms with Gasteiger partial charge in [0.2, 0.25) is 0 Å². The summed E-state index contributed by atoms with van der Waals surface area (Å²) < 4.78 is 16.6. The van der Waals surface area contributed by atoms with Crippen LogP contribution in [-0.2, 0) is 17.8 Å². The second kappa shape index (κ2) is 6.03. The summed E-state index contributed by atoms with van der Waals surface area (Å²) in [5, 5.41) is 0. The van der Waals surface area contributed by atoms with Gasteiger partial charge >= 0.3 is 0 Å². The molecule has 0 bridgehead atoms. The summed E-state index contributed by atoms with van der Waals surface area (Å²) in [6.45, 7) is 7.83. The van der Waals surface area contributed by atoms with Crippen molar-refractivity contribution in [2.24, 2.45) is 4.40 Å². The third-order valence-corrected chi connectivity index (χ3v) is 4.63. The van der Waals surface area contributed by atoms with Gasteiger partial charge in [0, 0.05) is 10.9 Å². The highest BCUT2D eigenvalue weighted by Gasteiger charge is 2.25. The summed E-state index contributed by atoms with van der Waals surface area (Å²) in [5.41, 5.74) is 2.41. The highest BCUT2D eigenvalue weighted by molar-refractivity contribution is 9.10. The van der Waals surface area contributed by atoms with E-state index in [1.165, 1.54) is 11.1 Å². The van der Waals surface area contributed by atoms with Crippen LogP contribution in [0.15, 0.2) is 27.1 Å². The zero-order valence-corrected chi connectivity index (χ0v) is 13.1. The second-order valence-electron chi connectivity index (χ2n) is 4.88. The average Bonchev–Trinajstić information content (AvgIpc) is 2.22. The Kier molecular flexibility index (Phi) is 5.22. The van der Waals surface area contributed by atoms with Gasteiger partial charge in [-0.2, -0.15) is 0 Å². The molecule has 0 N–H and O–H groups in total. The molecule has 0 unspecified atom stereocenters. The van der Waals surface area contributed by atoms with Gasteiger partial charge in [-0.1, -0.05) is 32.5 Å². The molecule has 0 amide bonds. The lowest BCUT2D eigenvalue weighted by Gasteiger charge is -2.17. The maximum absolute atomic E-state index is 11.7. The molecule has 1 rings (SSSR count). The van der Waals surface area contributed by atoms with Gasteiger partial charge in [-0.25, -0.2) is 0 Å². The summed E-state index contributed by atoms with van der Waals surface area (Å²) in [7, 11) is 0. The first-order valence-corrected chi connectivity index (χ1v) is 7.41. The SMILES string of the molecule is Cc1c(Br)cccc1C/C=N/[S@+]([O-])C(C)(C)C. The summed E-state index contributed by atoms with van der Waals surface area (Å²) in [4.78, 5) is 0. The van der Waals surface area contributed by atoms with Gasteiger partial charge in [-0.15, -0.1) is 0 Å². The number of nitrogens with zero attached hydrogens (tertiary/aromatic N) is 1. The fourth-order valence-electron chi connectivity index (χ4n) is 1.23. The molecule has 94 valence electrons. The predicted molar refractivity (Wildman–Crippen MR) is 79.0 cm³/mol. The molecule has 0 aromatic heterocycles. The topological polar surface area (TPSA) is 35.4 Å². The molecule has 2 nitrogen and oxygen atoms in total. The van der Waals surface area contributed by atoms with E-state index in [0.717, 1.165) is 4.47 Å². The average molecular weight is 316 g/mol. The molecule has 0 spiro atoms. The van der Waals surface area contributed by atoms with Gasteiger partial charge < -0.3 is 4.55 Å². The van der Waals surface area contributed by atoms with Crippen LogP contribution in [0.4, 0.5) is 0 Å². The third-order valence-electron chi connectivity index (χ3n) is 2.39. The fourth-order valence-corrected chi connectivity index (χ4v) is 2.17. The molecule has 0 saturated heterocycles. The van der Waals surface area contributed by atoms with Crippen LogP contribution in [0.2, 0.25) is 0 Å². The summed E-state index contributed by atoms with van der Waals surface area (Å²) in [6.07, 6.45) is 2.46. The van der Waals surface area contributed by atoms with Crippen LogP contribution in [0.1, 0.15) is 31.9 Å². The lowest BCUT2D eigenvalue weighted by molar-refractivity contribution is 0.561. The standard InChI is InChI=1S/C13H18BrNOS/c1-10-11(6-5-7-12(10)14)8-9-15-17(16)13(2,3)4/h5-7,9H,8H2,1-4H3/b15-9+/t17-/m1/s1. The van der Waals surface area contributed by atoms with E-state index in [1.54, 1.807) is 6.21 Å². The maximum atomic E-state index is 11.7. The van der Waals surface area contributed by atoms with E-state index >= 15 is 0 Å². The smallest absolute Gasteiger partial charge is 0.144 e. The predicted octanol–water partition coefficient (Wildman–Crippen LogP) is 3.83. The lowest BCUT2D eigenvalue weighted by atomic mass is 10.1. The quantitative estimate of drug-likeness (QED) is 0.616. The van der Waals surface area contributed by atoms with Crippen LogP contribution in [0.25, 0.3) is 0 Å². The van der Waals surface area contributed by atoms with Crippen LogP contribution < -0.4 is 0 Å². The molecule has 0 aliphatic rings. The summed E-state index contributed by atoms with van der Waals surface area (Å²) >= 11 is 2.33. The number of hydrogen-bond donors (Lipinski definition) is 0. The fraction of sp³-hybridized carbons (Fsp3) is 0.462. The second-order valence-corrected chi connectivity index (χ2v) is 7.67. The van der Waals surface area contributed by atoms with Crippen molar-refractivity contribution in [1.29, 1.82) is 0 Å². The van der Waals surface area contributed by atoms with E-state index < -0.39 is 11.4 Å². The van der Waals surface area contributed by atoms with Crippen LogP contribution in [-0.4, -0.2) is 15.5 Å². The van der Waals surface area contributed by atoms with Crippen LogP contribution >= 0.6 is 15.9 Å². The van der Waals surface area contributed by atoms with Gasteiger partial charge in [0.1, 0.15) is 16.1 Å². The van der Waals surface area contributed by atoms with Crippen LogP contribution in [0, 0.1) is 6.92 Å². The van der Waals surface area contributed by atoms with Crippen molar-refractivity contribution in [3.05, 3.63) is 33.8 Å². The Morgan fingerprint density at radius 3 is 2.65 bits per heavy atom. The Labute approximate surface area is 115 Å². The van der Waals surface area contributed by atoms with Gasteiger partial charge in [-0.3, -0.25) is 0 Å². The monoisotopic (exact) mass is 315 g/mol. The molecule has 17 heavy (non-hydrogen) atoms. The Morgan fingerprint density at radius 2 is 2.06 bits per heavy atom. The highest BCUT2D eigenvalue weighted by atomic mass is 79.9. The van der Waals surface area contributed by atoms with Crippen LogP contribution in [0.5, 0.6) is 0 Å². The van der Waals surface area contributed by atoms with Gasteiger partial charge in [0.25, 0.3) is 0 Å². The lowest BCUT2D eigenvalue weighted by Crippen LogP contribution is -2.25. The van der Waals surface area contributed by atoms with E-state index in [9.17, 15) is 4.55 Å². The molecular weight excluding hydrogens is 298 g/mol. The number of rotatable bonds is 3. The zero-order chi connectivity index (χ0) is 13.1. The molecule has 1 atom stereocenters. The molecule has 0 aliphatic heterocycles. The maximum Gasteiger partial charge on any atom is 0.144 e. The number of benzene rings is 1. The highest BCUT2D eigenvalue weighted by Crippen LogP contribution is 2.20. The molecule has 0 fully saturated rings. The molecule has 0 radical (unpaired) electrons. The van der Waals surface area contributed by atoms with Gasteiger partial charge in [0.15, 0.2) is 0 Å². The molecule has 0 aliphatic carbocycles. The Bertz CT molecular complexity index is 412. The first kappa shape index (κ1) is 14.7. The minimum Gasteiger partial charge on any atom is -0.591 e. The van der Waals surface area contributed by atoms with Crippen molar-refractivity contribution in [2.45, 2.75) is 38.9 Å². The first-order valence-electron chi connectivity index (χ1n) is 5.51. The van der Waals surface area contributed by atoms with E-state index in [2.05, 4.69) is 33.3 Å². The van der Waals surface area contributed by atoms with Crippen molar-refractivity contribution in [3.8, 4) is 0 Å². The van der Waals surface area contributed by atoms with Crippen molar-refractivity contribution < 1.29 is 4.55 Å². The van der Waals surface area contributed by atoms with E-state index in [4.69, 9.17) is 0 Å². The Balaban J connectivity index is 2.68.